The number of rotatable bonds is 10. The molecule has 0 heterocycles. The molecule has 0 unspecified atom stereocenters. The van der Waals surface area contributed by atoms with Gasteiger partial charge in [-0.25, -0.2) is 8.42 Å². The molecule has 23 heavy (non-hydrogen) atoms. The number of hydrogen-bond donors (Lipinski definition) is 1. The van der Waals surface area contributed by atoms with Crippen molar-refractivity contribution in [1.29, 1.82) is 0 Å². The maximum absolute atomic E-state index is 12.9. The molecule has 6 nitrogen and oxygen atoms in total. The highest BCUT2D eigenvalue weighted by molar-refractivity contribution is 7.89. The third kappa shape index (κ3) is 5.69. The van der Waals surface area contributed by atoms with Crippen LogP contribution in [-0.2, 0) is 23.6 Å². The van der Waals surface area contributed by atoms with Crippen molar-refractivity contribution in [3.05, 3.63) is 29.8 Å². The molecule has 0 radical (unpaired) electrons. The van der Waals surface area contributed by atoms with E-state index >= 15 is 0 Å². The summed E-state index contributed by atoms with van der Waals surface area (Å²) >= 11 is 0. The molecule has 1 N–H and O–H groups in total. The Hall–Kier alpha value is -0.720. The van der Waals surface area contributed by atoms with Gasteiger partial charge in [-0.1, -0.05) is 31.0 Å². The highest BCUT2D eigenvalue weighted by Crippen LogP contribution is 2.53. The summed E-state index contributed by atoms with van der Waals surface area (Å²) in [5.74, 6) is -0.904. The zero-order valence-electron chi connectivity index (χ0n) is 14.1. The maximum atomic E-state index is 12.9. The van der Waals surface area contributed by atoms with E-state index in [1.54, 1.807) is 26.0 Å². The monoisotopic (exact) mass is 363 g/mol. The van der Waals surface area contributed by atoms with Crippen LogP contribution in [0.5, 0.6) is 0 Å². The minimum absolute atomic E-state index is 0.128. The summed E-state index contributed by atoms with van der Waals surface area (Å²) in [5, 5.41) is 0. The quantitative estimate of drug-likeness (QED) is 0.642. The van der Waals surface area contributed by atoms with Gasteiger partial charge in [-0.15, -0.1) is 0 Å². The molecule has 0 aliphatic carbocycles. The topological polar surface area (TPSA) is 81.7 Å². The molecule has 0 saturated heterocycles. The highest BCUT2D eigenvalue weighted by Gasteiger charge is 2.38. The molecule has 0 bridgehead atoms. The van der Waals surface area contributed by atoms with Crippen LogP contribution in [0.15, 0.2) is 29.2 Å². The van der Waals surface area contributed by atoms with Crippen LogP contribution in [0, 0.1) is 6.92 Å². The van der Waals surface area contributed by atoms with Gasteiger partial charge >= 0.3 is 7.60 Å². The standard InChI is InChI=1S/C15H26NO5PS/c1-5-8-15(22(17,20-6-2)21-7-3)16-23(18,19)14-11-9-13(4)10-12-14/h9-12,15-16H,5-8H2,1-4H3/t15-/m0/s1. The molecule has 0 fully saturated rings. The minimum atomic E-state index is -3.80. The third-order valence-electron chi connectivity index (χ3n) is 3.18. The molecule has 132 valence electrons. The van der Waals surface area contributed by atoms with Crippen molar-refractivity contribution in [3.63, 3.8) is 0 Å². The van der Waals surface area contributed by atoms with Gasteiger partial charge in [-0.2, -0.15) is 4.72 Å². The molecule has 1 rings (SSSR count). The molecule has 1 atom stereocenters. The molecular weight excluding hydrogens is 337 g/mol. The van der Waals surface area contributed by atoms with Gasteiger partial charge in [0.25, 0.3) is 0 Å². The van der Waals surface area contributed by atoms with Gasteiger partial charge in [-0.3, -0.25) is 4.57 Å². The van der Waals surface area contributed by atoms with E-state index in [2.05, 4.69) is 4.72 Å². The van der Waals surface area contributed by atoms with Crippen molar-refractivity contribution in [2.24, 2.45) is 0 Å². The van der Waals surface area contributed by atoms with E-state index < -0.39 is 23.4 Å². The fourth-order valence-corrected chi connectivity index (χ4v) is 5.86. The van der Waals surface area contributed by atoms with Crippen LogP contribution in [0.1, 0.15) is 39.2 Å². The van der Waals surface area contributed by atoms with Crippen molar-refractivity contribution in [1.82, 2.24) is 4.72 Å². The second-order valence-electron chi connectivity index (χ2n) is 5.11. The molecule has 1 aromatic rings. The lowest BCUT2D eigenvalue weighted by atomic mass is 10.2. The van der Waals surface area contributed by atoms with Crippen molar-refractivity contribution < 1.29 is 22.0 Å². The lowest BCUT2D eigenvalue weighted by Crippen LogP contribution is -2.35. The van der Waals surface area contributed by atoms with Crippen LogP contribution in [0.2, 0.25) is 0 Å². The first-order valence-electron chi connectivity index (χ1n) is 7.76. The molecule has 8 heteroatoms. The first kappa shape index (κ1) is 20.3. The number of nitrogens with one attached hydrogen (secondary N) is 1. The average Bonchev–Trinajstić information content (AvgIpc) is 2.47. The zero-order valence-corrected chi connectivity index (χ0v) is 15.8. The molecular formula is C15H26NO5PS. The smallest absolute Gasteiger partial charge is 0.308 e. The number of hydrogen-bond acceptors (Lipinski definition) is 5. The molecule has 0 aliphatic heterocycles. The van der Waals surface area contributed by atoms with Crippen molar-refractivity contribution in [3.8, 4) is 0 Å². The first-order chi connectivity index (χ1) is 10.8. The average molecular weight is 363 g/mol. The largest absolute Gasteiger partial charge is 0.348 e. The summed E-state index contributed by atoms with van der Waals surface area (Å²) in [6, 6.07) is 6.47. The van der Waals surface area contributed by atoms with Crippen LogP contribution < -0.4 is 4.72 Å². The zero-order chi connectivity index (χ0) is 17.5. The SMILES string of the molecule is CCC[C@@H](NS(=O)(=O)c1ccc(C)cc1)P(=O)(OCC)OCC. The molecule has 0 saturated carbocycles. The van der Waals surface area contributed by atoms with E-state index in [1.807, 2.05) is 13.8 Å². The number of sulfonamides is 1. The van der Waals surface area contributed by atoms with E-state index in [1.165, 1.54) is 12.1 Å². The fraction of sp³-hybridized carbons (Fsp3) is 0.600. The van der Waals surface area contributed by atoms with Gasteiger partial charge in [0.15, 0.2) is 0 Å². The Bertz CT molecular complexity index is 620. The lowest BCUT2D eigenvalue weighted by Gasteiger charge is -2.26. The van der Waals surface area contributed by atoms with E-state index in [-0.39, 0.29) is 18.1 Å². The molecule has 0 spiro atoms. The lowest BCUT2D eigenvalue weighted by molar-refractivity contribution is 0.208. The van der Waals surface area contributed by atoms with E-state index in [0.29, 0.717) is 12.8 Å². The van der Waals surface area contributed by atoms with Gasteiger partial charge in [0, 0.05) is 0 Å². The molecule has 1 aromatic carbocycles. The van der Waals surface area contributed by atoms with Crippen LogP contribution in [0.25, 0.3) is 0 Å². The van der Waals surface area contributed by atoms with Crippen LogP contribution in [0.3, 0.4) is 0 Å². The summed E-state index contributed by atoms with van der Waals surface area (Å²) in [7, 11) is -7.36. The Balaban J connectivity index is 3.10. The predicted molar refractivity (Wildman–Crippen MR) is 91.1 cm³/mol. The highest BCUT2D eigenvalue weighted by atomic mass is 32.2. The van der Waals surface area contributed by atoms with Crippen molar-refractivity contribution in [2.75, 3.05) is 13.2 Å². The van der Waals surface area contributed by atoms with Gasteiger partial charge in [0.2, 0.25) is 10.0 Å². The summed E-state index contributed by atoms with van der Waals surface area (Å²) in [5.41, 5.74) is 0.961. The fourth-order valence-electron chi connectivity index (χ4n) is 2.10. The van der Waals surface area contributed by atoms with E-state index in [4.69, 9.17) is 9.05 Å². The number of benzene rings is 1. The normalized spacial score (nSPS) is 13.9. The van der Waals surface area contributed by atoms with E-state index in [0.717, 1.165) is 5.56 Å². The predicted octanol–water partition coefficient (Wildman–Crippen LogP) is 3.67. The summed E-state index contributed by atoms with van der Waals surface area (Å²) in [6.45, 7) is 7.53. The van der Waals surface area contributed by atoms with Crippen molar-refractivity contribution in [2.45, 2.75) is 51.2 Å². The molecule has 0 amide bonds. The number of aryl methyl sites for hydroxylation is 1. The summed E-state index contributed by atoms with van der Waals surface area (Å²) in [4.78, 5) is 0.128. The summed E-state index contributed by atoms with van der Waals surface area (Å²) < 4.78 is 51.1. The first-order valence-corrected chi connectivity index (χ1v) is 10.9. The van der Waals surface area contributed by atoms with Gasteiger partial charge in [-0.05, 0) is 39.3 Å². The summed E-state index contributed by atoms with van der Waals surface area (Å²) in [6.07, 6.45) is 1.01. The Morgan fingerprint density at radius 3 is 2.04 bits per heavy atom. The van der Waals surface area contributed by atoms with Crippen LogP contribution in [-0.4, -0.2) is 27.4 Å². The molecule has 0 aliphatic rings. The van der Waals surface area contributed by atoms with Crippen LogP contribution in [0.4, 0.5) is 0 Å². The van der Waals surface area contributed by atoms with Crippen molar-refractivity contribution >= 4 is 17.6 Å². The minimum Gasteiger partial charge on any atom is -0.308 e. The molecule has 0 aromatic heterocycles. The van der Waals surface area contributed by atoms with Crippen LogP contribution >= 0.6 is 7.60 Å². The Labute approximate surface area is 139 Å². The van der Waals surface area contributed by atoms with Gasteiger partial charge in [0.05, 0.1) is 18.1 Å². The second-order valence-corrected chi connectivity index (χ2v) is 9.05. The Kier molecular flexibility index (Phi) is 7.90. The van der Waals surface area contributed by atoms with Gasteiger partial charge < -0.3 is 9.05 Å². The van der Waals surface area contributed by atoms with Gasteiger partial charge in [0.1, 0.15) is 5.78 Å². The Morgan fingerprint density at radius 2 is 1.61 bits per heavy atom. The Morgan fingerprint density at radius 1 is 1.09 bits per heavy atom. The second kappa shape index (κ2) is 8.94. The third-order valence-corrected chi connectivity index (χ3v) is 7.23. The maximum Gasteiger partial charge on any atom is 0.348 e. The van der Waals surface area contributed by atoms with E-state index in [9.17, 15) is 13.0 Å².